The highest BCUT2D eigenvalue weighted by Gasteiger charge is 2.47. The lowest BCUT2D eigenvalue weighted by atomic mass is 10.2. The Hall–Kier alpha value is -3.49. The Morgan fingerprint density at radius 3 is 1.57 bits per heavy atom. The van der Waals surface area contributed by atoms with E-state index in [1.54, 1.807) is 4.57 Å². The van der Waals surface area contributed by atoms with Crippen LogP contribution in [0.15, 0.2) is 33.2 Å². The number of rotatable bonds is 14. The lowest BCUT2D eigenvalue weighted by Crippen LogP contribution is -2.27. The molecule has 3 fully saturated rings. The van der Waals surface area contributed by atoms with Gasteiger partial charge in [0, 0.05) is 19.3 Å². The van der Waals surface area contributed by atoms with E-state index in [-0.39, 0.29) is 68.5 Å². The van der Waals surface area contributed by atoms with Crippen LogP contribution in [-0.2, 0) is 41.4 Å². The van der Waals surface area contributed by atoms with Crippen LogP contribution in [0.5, 0.6) is 0 Å². The summed E-state index contributed by atoms with van der Waals surface area (Å²) >= 11 is 10.1. The van der Waals surface area contributed by atoms with Crippen LogP contribution in [0.25, 0.3) is 33.5 Å². The van der Waals surface area contributed by atoms with Gasteiger partial charge in [0.2, 0.25) is 0 Å². The zero-order chi connectivity index (χ0) is 44.5. The van der Waals surface area contributed by atoms with Crippen LogP contribution in [0, 0.1) is 0 Å². The number of hydrogen-bond acceptors (Lipinski definition) is 23. The smallest absolute Gasteiger partial charge is 0.394 e. The maximum atomic E-state index is 13.6. The number of nitrogens with zero attached hydrogens (tertiary/aromatic N) is 12. The molecule has 6 aromatic heterocycles. The van der Waals surface area contributed by atoms with Crippen molar-refractivity contribution in [1.29, 1.82) is 0 Å². The third-order valence-corrected chi connectivity index (χ3v) is 13.9. The Labute approximate surface area is 377 Å². The molecule has 9 rings (SSSR count). The minimum absolute atomic E-state index is 0.0219. The number of phosphoric ester groups is 2. The molecule has 9 heterocycles. The summed E-state index contributed by atoms with van der Waals surface area (Å²) in [6.07, 6.45) is -6.54. The summed E-state index contributed by atoms with van der Waals surface area (Å²) < 4.78 is 72.5. The van der Waals surface area contributed by atoms with E-state index in [1.165, 1.54) is 28.1 Å². The van der Waals surface area contributed by atoms with Gasteiger partial charge >= 0.3 is 15.6 Å². The third-order valence-electron chi connectivity index (χ3n) is 10.2. The van der Waals surface area contributed by atoms with Crippen LogP contribution in [0.2, 0.25) is 0 Å². The molecule has 11 atom stereocenters. The van der Waals surface area contributed by atoms with Crippen LogP contribution in [-0.4, -0.2) is 135 Å². The molecular weight excluding hydrogens is 1080 g/mol. The van der Waals surface area contributed by atoms with Crippen molar-refractivity contribution in [3.8, 4) is 0 Å². The molecule has 28 nitrogen and oxygen atoms in total. The molecule has 3 aliphatic rings. The molecule has 0 amide bonds. The molecule has 6 aromatic rings. The molecule has 338 valence electrons. The van der Waals surface area contributed by atoms with Gasteiger partial charge in [-0.1, -0.05) is 0 Å². The Morgan fingerprint density at radius 1 is 0.651 bits per heavy atom. The molecular formula is C30H34Br3N15O13P2. The molecule has 0 radical (unpaired) electrons. The minimum Gasteiger partial charge on any atom is -0.394 e. The summed E-state index contributed by atoms with van der Waals surface area (Å²) in [5.74, 6) is 0.226. The van der Waals surface area contributed by atoms with E-state index in [4.69, 9.17) is 49.5 Å². The highest BCUT2D eigenvalue weighted by atomic mass is 79.9. The van der Waals surface area contributed by atoms with E-state index < -0.39 is 90.8 Å². The fraction of sp³-hybridized carbons (Fsp3) is 0.500. The number of anilines is 3. The quantitative estimate of drug-likeness (QED) is 0.0603. The normalized spacial score (nSPS) is 28.4. The Kier molecular flexibility index (Phi) is 12.3. The fourth-order valence-corrected chi connectivity index (χ4v) is 11.0. The Balaban J connectivity index is 0.902. The van der Waals surface area contributed by atoms with Gasteiger partial charge in [0.15, 0.2) is 77.6 Å². The second-order valence-electron chi connectivity index (χ2n) is 14.2. The third kappa shape index (κ3) is 8.70. The van der Waals surface area contributed by atoms with Crippen molar-refractivity contribution < 1.29 is 61.4 Å². The predicted molar refractivity (Wildman–Crippen MR) is 222 cm³/mol. The molecule has 10 N–H and O–H groups in total. The number of hydrogen-bond donors (Lipinski definition) is 7. The summed E-state index contributed by atoms with van der Waals surface area (Å²) in [5.41, 5.74) is 19.4. The number of aromatic nitrogens is 12. The molecule has 11 unspecified atom stereocenters. The number of ether oxygens (including phenoxy) is 3. The van der Waals surface area contributed by atoms with Crippen molar-refractivity contribution in [3.05, 3.63) is 33.2 Å². The average Bonchev–Trinajstić information content (AvgIpc) is 4.08. The first-order valence-electron chi connectivity index (χ1n) is 18.5. The standard InChI is InChI=1S/C30H34Br3N15O13P2/c31-28-43-17-20(34)37-7-40-23(17)46(28)16-3-12(50)15(59-16)6-56-63(53,54)61-14-2-11(58-27(14)48-25-19(45-30(48)33)22(36)39-9-42-25)5-55-62(51,52)60-13-1-10(4-49)57-26(13)47-24-18(44-29(47)32)21(35)38-8-41-24/h7-16,26-27,49-50H,1-6H2,(H,51,52)(H,53,54)(H2,34,37,40)(H2,35,38,41)(H2,36,39,42). The fourth-order valence-electron chi connectivity index (χ4n) is 7.48. The maximum Gasteiger partial charge on any atom is 0.472 e. The van der Waals surface area contributed by atoms with Gasteiger partial charge in [0.25, 0.3) is 0 Å². The van der Waals surface area contributed by atoms with Gasteiger partial charge in [0.05, 0.1) is 38.1 Å². The van der Waals surface area contributed by atoms with E-state index in [0.29, 0.717) is 15.9 Å². The molecule has 33 heteroatoms. The van der Waals surface area contributed by atoms with E-state index in [2.05, 4.69) is 92.6 Å². The SMILES string of the molecule is Nc1ncnc2c1nc(Br)n2C1CC(O)C(COP(=O)(O)OC2CC(COP(=O)(O)OC3CC(CO)OC3n3c(Br)nc4c(N)ncnc43)OC2n2c(Br)nc3c(N)ncnc32)O1. The summed E-state index contributed by atoms with van der Waals surface area (Å²) in [6, 6.07) is 0. The summed E-state index contributed by atoms with van der Waals surface area (Å²) in [4.78, 5) is 59.6. The summed E-state index contributed by atoms with van der Waals surface area (Å²) in [6.45, 7) is -1.65. The van der Waals surface area contributed by atoms with Gasteiger partial charge in [-0.15, -0.1) is 0 Å². The number of nitrogen functional groups attached to an aromatic ring is 3. The first-order valence-corrected chi connectivity index (χ1v) is 23.9. The van der Waals surface area contributed by atoms with Crippen LogP contribution in [0.1, 0.15) is 37.9 Å². The number of phosphoric acid groups is 2. The summed E-state index contributed by atoms with van der Waals surface area (Å²) in [7, 11) is -9.98. The van der Waals surface area contributed by atoms with Crippen LogP contribution >= 0.6 is 63.4 Å². The topological polar surface area (TPSA) is 389 Å². The lowest BCUT2D eigenvalue weighted by Gasteiger charge is -2.24. The van der Waals surface area contributed by atoms with Crippen LogP contribution in [0.4, 0.5) is 17.5 Å². The number of aliphatic hydroxyl groups excluding tert-OH is 2. The molecule has 0 aromatic carbocycles. The Bertz CT molecular complexity index is 2810. The predicted octanol–water partition coefficient (Wildman–Crippen LogP) is 1.76. The molecule has 3 aliphatic heterocycles. The number of fused-ring (bicyclic) bond motifs is 3. The minimum atomic E-state index is -5.02. The summed E-state index contributed by atoms with van der Waals surface area (Å²) in [5, 5.41) is 20.8. The second-order valence-corrected chi connectivity index (χ2v) is 19.2. The average molecular weight is 1110 g/mol. The second kappa shape index (κ2) is 17.4. The van der Waals surface area contributed by atoms with E-state index in [9.17, 15) is 29.1 Å². The van der Waals surface area contributed by atoms with Gasteiger partial charge in [-0.25, -0.2) is 54.0 Å². The van der Waals surface area contributed by atoms with Crippen LogP contribution in [0.3, 0.4) is 0 Å². The molecule has 0 aliphatic carbocycles. The van der Waals surface area contributed by atoms with Gasteiger partial charge in [-0.2, -0.15) is 0 Å². The number of aliphatic hydroxyl groups is 2. The first kappa shape index (κ1) is 44.7. The van der Waals surface area contributed by atoms with E-state index in [1.807, 2.05) is 0 Å². The van der Waals surface area contributed by atoms with Gasteiger partial charge in [-0.05, 0) is 47.8 Å². The van der Waals surface area contributed by atoms with Crippen molar-refractivity contribution in [2.45, 2.75) is 74.6 Å². The number of imidazole rings is 3. The zero-order valence-electron chi connectivity index (χ0n) is 31.8. The molecule has 0 spiro atoms. The molecule has 0 bridgehead atoms. The monoisotopic (exact) mass is 1110 g/mol. The molecule has 3 saturated heterocycles. The van der Waals surface area contributed by atoms with Gasteiger partial charge in [0.1, 0.15) is 43.5 Å². The lowest BCUT2D eigenvalue weighted by molar-refractivity contribution is -0.0639. The zero-order valence-corrected chi connectivity index (χ0v) is 38.3. The van der Waals surface area contributed by atoms with Gasteiger partial charge < -0.3 is 51.4 Å². The maximum absolute atomic E-state index is 13.6. The van der Waals surface area contributed by atoms with Crippen molar-refractivity contribution in [3.63, 3.8) is 0 Å². The van der Waals surface area contributed by atoms with Gasteiger partial charge in [-0.3, -0.25) is 31.8 Å². The number of nitrogens with two attached hydrogens (primary N) is 3. The van der Waals surface area contributed by atoms with Crippen LogP contribution < -0.4 is 17.2 Å². The van der Waals surface area contributed by atoms with Crippen molar-refractivity contribution >= 4 is 114 Å². The van der Waals surface area contributed by atoms with Crippen molar-refractivity contribution in [2.75, 3.05) is 37.0 Å². The molecule has 0 saturated carbocycles. The highest BCUT2D eigenvalue weighted by molar-refractivity contribution is 9.10. The highest BCUT2D eigenvalue weighted by Crippen LogP contribution is 2.53. The van der Waals surface area contributed by atoms with E-state index in [0.717, 1.165) is 0 Å². The largest absolute Gasteiger partial charge is 0.472 e. The van der Waals surface area contributed by atoms with Crippen molar-refractivity contribution in [1.82, 2.24) is 58.6 Å². The molecule has 63 heavy (non-hydrogen) atoms. The van der Waals surface area contributed by atoms with Crippen molar-refractivity contribution in [2.24, 2.45) is 0 Å². The first-order chi connectivity index (χ1) is 30.0. The Morgan fingerprint density at radius 2 is 1.08 bits per heavy atom. The number of halogens is 3. The van der Waals surface area contributed by atoms with E-state index >= 15 is 0 Å².